The van der Waals surface area contributed by atoms with Gasteiger partial charge in [-0.2, -0.15) is 9.78 Å². The largest absolute Gasteiger partial charge is 0.497 e. The van der Waals surface area contributed by atoms with Gasteiger partial charge in [-0.15, -0.1) is 0 Å². The Morgan fingerprint density at radius 1 is 1.11 bits per heavy atom. The summed E-state index contributed by atoms with van der Waals surface area (Å²) in [5, 5.41) is 4.05. The molecule has 1 amide bonds. The lowest BCUT2D eigenvalue weighted by Gasteiger charge is -2.40. The fourth-order valence-corrected chi connectivity index (χ4v) is 5.16. The van der Waals surface area contributed by atoms with Crippen molar-refractivity contribution in [2.75, 3.05) is 40.0 Å². The molecule has 2 aliphatic rings. The molecule has 0 radical (unpaired) electrons. The highest BCUT2D eigenvalue weighted by Gasteiger charge is 2.44. The lowest BCUT2D eigenvalue weighted by atomic mass is 9.68. The number of ether oxygens (including phenoxy) is 4. The third-order valence-electron chi connectivity index (χ3n) is 7.01. The molecule has 202 valence electrons. The number of hydrogen-bond donors (Lipinski definition) is 0. The van der Waals surface area contributed by atoms with E-state index < -0.39 is 17.1 Å². The van der Waals surface area contributed by atoms with Crippen molar-refractivity contribution in [1.82, 2.24) is 14.7 Å². The number of rotatable bonds is 6. The molecule has 1 saturated heterocycles. The third kappa shape index (κ3) is 6.63. The zero-order valence-corrected chi connectivity index (χ0v) is 22.4. The highest BCUT2D eigenvalue weighted by molar-refractivity contribution is 5.88. The summed E-state index contributed by atoms with van der Waals surface area (Å²) in [5.74, 6) is 1.42. The Bertz CT molecular complexity index is 1050. The van der Waals surface area contributed by atoms with Crippen molar-refractivity contribution in [2.24, 2.45) is 5.92 Å². The van der Waals surface area contributed by atoms with E-state index >= 15 is 0 Å². The van der Waals surface area contributed by atoms with Crippen LogP contribution in [-0.4, -0.2) is 72.3 Å². The fourth-order valence-electron chi connectivity index (χ4n) is 5.16. The Hall–Kier alpha value is -3.07. The van der Waals surface area contributed by atoms with Gasteiger partial charge in [-0.1, -0.05) is 31.4 Å². The Morgan fingerprint density at radius 2 is 1.84 bits per heavy atom. The number of benzene rings is 1. The first-order valence-electron chi connectivity index (χ1n) is 13.1. The van der Waals surface area contributed by atoms with Gasteiger partial charge in [-0.3, -0.25) is 4.79 Å². The molecule has 2 heterocycles. The molecule has 2 fully saturated rings. The summed E-state index contributed by atoms with van der Waals surface area (Å²) in [6, 6.07) is 7.97. The number of methoxy groups -OCH3 is 1. The van der Waals surface area contributed by atoms with Crippen LogP contribution in [0.5, 0.6) is 11.5 Å². The van der Waals surface area contributed by atoms with Crippen molar-refractivity contribution in [3.8, 4) is 11.5 Å². The molecule has 0 spiro atoms. The number of aromatic nitrogens is 2. The Kier molecular flexibility index (Phi) is 8.42. The van der Waals surface area contributed by atoms with Crippen LogP contribution in [0.4, 0.5) is 4.79 Å². The number of carbonyl (C=O) groups excluding carboxylic acids is 2. The minimum absolute atomic E-state index is 0.00663. The molecule has 0 N–H and O–H groups in total. The predicted molar refractivity (Wildman–Crippen MR) is 138 cm³/mol. The van der Waals surface area contributed by atoms with Gasteiger partial charge in [0.1, 0.15) is 11.4 Å². The van der Waals surface area contributed by atoms with E-state index in [0.717, 1.165) is 48.1 Å². The maximum atomic E-state index is 14.1. The van der Waals surface area contributed by atoms with Gasteiger partial charge in [0.15, 0.2) is 5.75 Å². The summed E-state index contributed by atoms with van der Waals surface area (Å²) in [6.45, 7) is 7.86. The maximum absolute atomic E-state index is 14.1. The van der Waals surface area contributed by atoms with E-state index in [4.69, 9.17) is 18.9 Å². The minimum atomic E-state index is -0.612. The van der Waals surface area contributed by atoms with Gasteiger partial charge >= 0.3 is 6.09 Å². The molecule has 0 bridgehead atoms. The molecule has 9 heteroatoms. The molecule has 9 nitrogen and oxygen atoms in total. The first kappa shape index (κ1) is 27.0. The second kappa shape index (κ2) is 11.5. The average molecular weight is 514 g/mol. The number of hydrogen-bond acceptors (Lipinski definition) is 7. The van der Waals surface area contributed by atoms with Crippen LogP contribution in [0.2, 0.25) is 0 Å². The van der Waals surface area contributed by atoms with Gasteiger partial charge in [-0.05, 0) is 51.3 Å². The van der Waals surface area contributed by atoms with Crippen LogP contribution in [0.1, 0.15) is 58.4 Å². The summed E-state index contributed by atoms with van der Waals surface area (Å²) < 4.78 is 23.6. The van der Waals surface area contributed by atoms with E-state index in [9.17, 15) is 9.59 Å². The van der Waals surface area contributed by atoms with Gasteiger partial charge in [0.2, 0.25) is 5.91 Å². The number of nitrogens with zero attached hydrogens (tertiary/aromatic N) is 3. The van der Waals surface area contributed by atoms with E-state index in [1.807, 2.05) is 29.2 Å². The molecular formula is C28H39N3O6. The van der Waals surface area contributed by atoms with E-state index in [0.29, 0.717) is 38.7 Å². The highest BCUT2D eigenvalue weighted by Crippen LogP contribution is 2.42. The van der Waals surface area contributed by atoms with Crippen molar-refractivity contribution in [2.45, 2.75) is 63.9 Å². The standard InChI is InChI=1S/C28H39N3O6/c1-27(2,3)37-26(33)31-18-24(16-29-31)36-20-21-17-30(14-15-35-19-21)25(32)28(12-6-5-7-13-28)22-8-10-23(34-4)11-9-22/h8-11,16,18,21H,5-7,12-15,17,19-20H2,1-4H3. The molecule has 1 saturated carbocycles. The van der Waals surface area contributed by atoms with Gasteiger partial charge in [0.05, 0.1) is 44.7 Å². The second-order valence-electron chi connectivity index (χ2n) is 11.0. The first-order chi connectivity index (χ1) is 17.7. The van der Waals surface area contributed by atoms with Crippen molar-refractivity contribution < 1.29 is 28.5 Å². The summed E-state index contributed by atoms with van der Waals surface area (Å²) in [6.07, 6.45) is 7.36. The molecule has 1 unspecified atom stereocenters. The van der Waals surface area contributed by atoms with E-state index in [2.05, 4.69) is 5.10 Å². The molecule has 1 aliphatic heterocycles. The van der Waals surface area contributed by atoms with Gasteiger partial charge in [0, 0.05) is 19.0 Å². The topological polar surface area (TPSA) is 92.1 Å². The Labute approximate surface area is 219 Å². The predicted octanol–water partition coefficient (Wildman–Crippen LogP) is 4.43. The number of amides is 1. The Balaban J connectivity index is 1.43. The molecule has 4 rings (SSSR count). The van der Waals surface area contributed by atoms with Crippen LogP contribution < -0.4 is 9.47 Å². The smallest absolute Gasteiger partial charge is 0.435 e. The minimum Gasteiger partial charge on any atom is -0.497 e. The molecule has 37 heavy (non-hydrogen) atoms. The van der Waals surface area contributed by atoms with Gasteiger partial charge in [0.25, 0.3) is 0 Å². The normalized spacial score (nSPS) is 20.1. The highest BCUT2D eigenvalue weighted by atomic mass is 16.6. The average Bonchev–Trinajstić information content (AvgIpc) is 3.24. The molecule has 1 aromatic carbocycles. The van der Waals surface area contributed by atoms with E-state index in [-0.39, 0.29) is 11.8 Å². The number of carbonyl (C=O) groups is 2. The monoisotopic (exact) mass is 513 g/mol. The van der Waals surface area contributed by atoms with Gasteiger partial charge < -0.3 is 23.8 Å². The van der Waals surface area contributed by atoms with E-state index in [1.54, 1.807) is 27.9 Å². The lowest BCUT2D eigenvalue weighted by Crippen LogP contribution is -2.50. The molecule has 1 aliphatic carbocycles. The molecule has 1 atom stereocenters. The molecule has 1 aromatic heterocycles. The summed E-state index contributed by atoms with van der Waals surface area (Å²) in [4.78, 5) is 28.3. The summed E-state index contributed by atoms with van der Waals surface area (Å²) in [7, 11) is 1.65. The van der Waals surface area contributed by atoms with Crippen molar-refractivity contribution in [3.63, 3.8) is 0 Å². The van der Waals surface area contributed by atoms with Crippen LogP contribution >= 0.6 is 0 Å². The van der Waals surface area contributed by atoms with Crippen LogP contribution in [0.25, 0.3) is 0 Å². The van der Waals surface area contributed by atoms with Crippen LogP contribution in [0.3, 0.4) is 0 Å². The quantitative estimate of drug-likeness (QED) is 0.564. The SMILES string of the molecule is COc1ccc(C2(C(=O)N3CCOCC(COc4cnn(C(=O)OC(C)(C)C)c4)C3)CCCCC2)cc1. The van der Waals surface area contributed by atoms with Gasteiger partial charge in [-0.25, -0.2) is 4.79 Å². The zero-order chi connectivity index (χ0) is 26.5. The zero-order valence-electron chi connectivity index (χ0n) is 22.4. The van der Waals surface area contributed by atoms with Crippen LogP contribution in [0.15, 0.2) is 36.7 Å². The summed E-state index contributed by atoms with van der Waals surface area (Å²) in [5.41, 5.74) is -0.0702. The van der Waals surface area contributed by atoms with Crippen molar-refractivity contribution in [1.29, 1.82) is 0 Å². The lowest BCUT2D eigenvalue weighted by molar-refractivity contribution is -0.139. The third-order valence-corrected chi connectivity index (χ3v) is 7.01. The molecular weight excluding hydrogens is 474 g/mol. The fraction of sp³-hybridized carbons (Fsp3) is 0.607. The van der Waals surface area contributed by atoms with Crippen molar-refractivity contribution >= 4 is 12.0 Å². The molecule has 2 aromatic rings. The maximum Gasteiger partial charge on any atom is 0.435 e. The van der Waals surface area contributed by atoms with Crippen molar-refractivity contribution in [3.05, 3.63) is 42.2 Å². The van der Waals surface area contributed by atoms with Crippen LogP contribution in [0, 0.1) is 5.92 Å². The first-order valence-corrected chi connectivity index (χ1v) is 13.1. The Morgan fingerprint density at radius 3 is 2.51 bits per heavy atom. The second-order valence-corrected chi connectivity index (χ2v) is 11.0. The van der Waals surface area contributed by atoms with E-state index in [1.165, 1.54) is 12.4 Å². The van der Waals surface area contributed by atoms with Crippen LogP contribution in [-0.2, 0) is 19.7 Å². The summed E-state index contributed by atoms with van der Waals surface area (Å²) >= 11 is 0.